The van der Waals surface area contributed by atoms with Gasteiger partial charge in [0.1, 0.15) is 11.6 Å². The van der Waals surface area contributed by atoms with Gasteiger partial charge in [0.15, 0.2) is 6.79 Å². The Morgan fingerprint density at radius 1 is 1.32 bits per heavy atom. The summed E-state index contributed by atoms with van der Waals surface area (Å²) in [6.45, 7) is 6.48. The lowest BCUT2D eigenvalue weighted by Gasteiger charge is -2.41. The van der Waals surface area contributed by atoms with E-state index in [1.54, 1.807) is 0 Å². The van der Waals surface area contributed by atoms with Gasteiger partial charge in [0.25, 0.3) is 0 Å². The summed E-state index contributed by atoms with van der Waals surface area (Å²) in [4.78, 5) is 2.71. The summed E-state index contributed by atoms with van der Waals surface area (Å²) in [5.41, 5.74) is 2.81. The highest BCUT2D eigenvalue weighted by Gasteiger charge is 2.38. The number of halogens is 1. The number of rotatable bonds is 7. The van der Waals surface area contributed by atoms with Crippen LogP contribution in [0.25, 0.3) is 11.3 Å². The van der Waals surface area contributed by atoms with Crippen molar-refractivity contribution in [2.45, 2.75) is 45.3 Å². The van der Waals surface area contributed by atoms with E-state index in [9.17, 15) is 5.11 Å². The molecule has 1 fully saturated rings. The maximum Gasteiger partial charge on any atom is 0.189 e. The molecule has 0 spiro atoms. The van der Waals surface area contributed by atoms with Crippen LogP contribution in [0.15, 0.2) is 24.3 Å². The molecule has 2 N–H and O–H groups in total. The van der Waals surface area contributed by atoms with Gasteiger partial charge in [-0.2, -0.15) is 0 Å². The van der Waals surface area contributed by atoms with Crippen molar-refractivity contribution in [1.29, 1.82) is 0 Å². The highest BCUT2D eigenvalue weighted by molar-refractivity contribution is 9.12. The van der Waals surface area contributed by atoms with Crippen LogP contribution in [0.1, 0.15) is 37.8 Å². The number of aliphatic hydroxyl groups is 1. The lowest BCUT2D eigenvalue weighted by Crippen LogP contribution is -2.48. The third-order valence-electron chi connectivity index (χ3n) is 4.64. The Morgan fingerprint density at radius 2 is 2.11 bits per heavy atom. The van der Waals surface area contributed by atoms with Crippen molar-refractivity contribution < 1.29 is 14.6 Å². The van der Waals surface area contributed by atoms with Gasteiger partial charge in [0.05, 0.1) is 11.3 Å². The van der Waals surface area contributed by atoms with E-state index in [1.807, 2.05) is 45.0 Å². The number of anilines is 1. The Morgan fingerprint density at radius 3 is 2.75 bits per heavy atom. The molecule has 1 aliphatic rings. The van der Waals surface area contributed by atoms with E-state index < -0.39 is 5.60 Å². The Balaban J connectivity index is 1.83. The minimum Gasteiger partial charge on any atom is -0.467 e. The number of benzene rings is 1. The summed E-state index contributed by atoms with van der Waals surface area (Å²) >= 11 is 3.12. The third-order valence-corrected chi connectivity index (χ3v) is 4.84. The molecule has 0 bridgehead atoms. The van der Waals surface area contributed by atoms with E-state index in [0.717, 1.165) is 22.4 Å². The smallest absolute Gasteiger partial charge is 0.189 e. The number of aryl methyl sites for hydroxylation is 1. The zero-order chi connectivity index (χ0) is 20.1. The molecular formula is C21H24BrN3O3. The van der Waals surface area contributed by atoms with E-state index in [1.165, 1.54) is 0 Å². The molecule has 2 aromatic rings. The molecule has 0 amide bonds. The molecule has 3 rings (SSSR count). The molecule has 0 radical (unpaired) electrons. The van der Waals surface area contributed by atoms with Crippen LogP contribution >= 0.6 is 15.9 Å². The maximum atomic E-state index is 9.88. The fourth-order valence-electron chi connectivity index (χ4n) is 3.29. The number of nitrogens with one attached hydrogen (secondary N) is 1. The zero-order valence-corrected chi connectivity index (χ0v) is 17.8. The summed E-state index contributed by atoms with van der Waals surface area (Å²) in [6, 6.07) is 7.91. The first-order chi connectivity index (χ1) is 13.4. The lowest BCUT2D eigenvalue weighted by molar-refractivity contribution is -0.0235. The average molecular weight is 446 g/mol. The SMILES string of the molecule is CCOCOc1cc(C#CBr)ccc1-c1nnc(NC2CC(C)(O)C2)cc1C. The molecule has 0 saturated heterocycles. The van der Waals surface area contributed by atoms with Crippen LogP contribution in [0.4, 0.5) is 5.82 Å². The molecule has 148 valence electrons. The zero-order valence-electron chi connectivity index (χ0n) is 16.3. The molecule has 7 heteroatoms. The Bertz CT molecular complexity index is 897. The van der Waals surface area contributed by atoms with E-state index in [0.29, 0.717) is 31.0 Å². The Labute approximate surface area is 173 Å². The van der Waals surface area contributed by atoms with Crippen LogP contribution in [0.2, 0.25) is 0 Å². The molecule has 1 heterocycles. The molecular weight excluding hydrogens is 422 g/mol. The summed E-state index contributed by atoms with van der Waals surface area (Å²) in [6.07, 6.45) is 1.42. The molecule has 6 nitrogen and oxygen atoms in total. The molecule has 1 aromatic carbocycles. The van der Waals surface area contributed by atoms with Crippen LogP contribution in [0.5, 0.6) is 5.75 Å². The second kappa shape index (κ2) is 8.91. The second-order valence-corrected chi connectivity index (χ2v) is 7.59. The van der Waals surface area contributed by atoms with Crippen molar-refractivity contribution in [2.24, 2.45) is 0 Å². The van der Waals surface area contributed by atoms with Crippen molar-refractivity contribution in [3.8, 4) is 27.8 Å². The van der Waals surface area contributed by atoms with Crippen molar-refractivity contribution in [3.05, 3.63) is 35.4 Å². The number of nitrogens with zero attached hydrogens (tertiary/aromatic N) is 2. The van der Waals surface area contributed by atoms with Gasteiger partial charge in [0, 0.05) is 39.7 Å². The minimum absolute atomic E-state index is 0.155. The van der Waals surface area contributed by atoms with Gasteiger partial charge in [-0.1, -0.05) is 5.92 Å². The fraction of sp³-hybridized carbons (Fsp3) is 0.429. The van der Waals surface area contributed by atoms with Crippen LogP contribution < -0.4 is 10.1 Å². The standard InChI is InChI=1S/C21H24BrN3O3/c1-4-27-13-28-18-10-15(7-8-22)5-6-17(18)20-14(2)9-19(24-25-20)23-16-11-21(3,26)12-16/h5-6,9-10,16,26H,4,11-13H2,1-3H3,(H,23,24). The van der Waals surface area contributed by atoms with Crippen LogP contribution in [-0.2, 0) is 4.74 Å². The van der Waals surface area contributed by atoms with E-state index in [2.05, 4.69) is 42.2 Å². The van der Waals surface area contributed by atoms with E-state index >= 15 is 0 Å². The van der Waals surface area contributed by atoms with Crippen LogP contribution in [-0.4, -0.2) is 40.3 Å². The topological polar surface area (TPSA) is 76.5 Å². The summed E-state index contributed by atoms with van der Waals surface area (Å²) in [7, 11) is 0. The molecule has 0 aliphatic heterocycles. The van der Waals surface area contributed by atoms with Crippen molar-refractivity contribution >= 4 is 21.7 Å². The monoisotopic (exact) mass is 445 g/mol. The molecule has 1 aliphatic carbocycles. The van der Waals surface area contributed by atoms with Gasteiger partial charge in [0.2, 0.25) is 0 Å². The number of aromatic nitrogens is 2. The van der Waals surface area contributed by atoms with Gasteiger partial charge in [-0.15, -0.1) is 10.2 Å². The highest BCUT2D eigenvalue weighted by Crippen LogP contribution is 2.35. The Kier molecular flexibility index (Phi) is 6.55. The molecule has 0 atom stereocenters. The van der Waals surface area contributed by atoms with Crippen molar-refractivity contribution in [3.63, 3.8) is 0 Å². The number of hydrogen-bond acceptors (Lipinski definition) is 6. The molecule has 1 saturated carbocycles. The third kappa shape index (κ3) is 5.02. The van der Waals surface area contributed by atoms with Crippen molar-refractivity contribution in [2.75, 3.05) is 18.7 Å². The van der Waals surface area contributed by atoms with Gasteiger partial charge in [-0.05, 0) is 68.3 Å². The fourth-order valence-corrected chi connectivity index (χ4v) is 3.52. The number of ether oxygens (including phenoxy) is 2. The molecule has 1 aromatic heterocycles. The van der Waals surface area contributed by atoms with Crippen LogP contribution in [0.3, 0.4) is 0 Å². The predicted octanol–water partition coefficient (Wildman–Crippen LogP) is 3.85. The Hall–Kier alpha value is -2.14. The average Bonchev–Trinajstić information content (AvgIpc) is 2.62. The molecule has 28 heavy (non-hydrogen) atoms. The second-order valence-electron chi connectivity index (χ2n) is 7.19. The number of hydrogen-bond donors (Lipinski definition) is 2. The first-order valence-corrected chi connectivity index (χ1v) is 10.0. The van der Waals surface area contributed by atoms with Crippen LogP contribution in [0, 0.1) is 17.7 Å². The summed E-state index contributed by atoms with van der Waals surface area (Å²) < 4.78 is 11.1. The van der Waals surface area contributed by atoms with E-state index in [4.69, 9.17) is 9.47 Å². The van der Waals surface area contributed by atoms with Gasteiger partial charge in [-0.25, -0.2) is 0 Å². The van der Waals surface area contributed by atoms with Gasteiger partial charge >= 0.3 is 0 Å². The lowest BCUT2D eigenvalue weighted by atomic mass is 9.77. The largest absolute Gasteiger partial charge is 0.467 e. The van der Waals surface area contributed by atoms with Gasteiger partial charge in [-0.3, -0.25) is 0 Å². The first kappa shape index (κ1) is 20.6. The summed E-state index contributed by atoms with van der Waals surface area (Å²) in [5.74, 6) is 4.32. The minimum atomic E-state index is -0.577. The van der Waals surface area contributed by atoms with E-state index in [-0.39, 0.29) is 12.8 Å². The normalized spacial score (nSPS) is 20.7. The highest BCUT2D eigenvalue weighted by atomic mass is 79.9. The quantitative estimate of drug-likeness (QED) is 0.382. The first-order valence-electron chi connectivity index (χ1n) is 9.21. The summed E-state index contributed by atoms with van der Waals surface area (Å²) in [5, 5.41) is 21.9. The van der Waals surface area contributed by atoms with Crippen molar-refractivity contribution in [1.82, 2.24) is 10.2 Å². The molecule has 0 unspecified atom stereocenters. The predicted molar refractivity (Wildman–Crippen MR) is 112 cm³/mol. The maximum absolute atomic E-state index is 9.88. The van der Waals surface area contributed by atoms with Gasteiger partial charge < -0.3 is 19.9 Å².